The Bertz CT molecular complexity index is 469. The fraction of sp³-hybridized carbons (Fsp3) is 0.600. The maximum absolute atomic E-state index is 14.9. The van der Waals surface area contributed by atoms with Crippen molar-refractivity contribution in [1.29, 1.82) is 0 Å². The summed E-state index contributed by atoms with van der Waals surface area (Å²) in [5.41, 5.74) is -3.15. The quantitative estimate of drug-likeness (QED) is 0.456. The highest BCUT2D eigenvalue weighted by Crippen LogP contribution is 2.39. The van der Waals surface area contributed by atoms with E-state index in [1.165, 1.54) is 14.1 Å². The third-order valence-corrected chi connectivity index (χ3v) is 3.63. The van der Waals surface area contributed by atoms with E-state index in [9.17, 15) is 13.6 Å². The van der Waals surface area contributed by atoms with E-state index in [0.717, 1.165) is 9.58 Å². The maximum atomic E-state index is 14.9. The zero-order valence-corrected chi connectivity index (χ0v) is 12.5. The van der Waals surface area contributed by atoms with Gasteiger partial charge in [0.05, 0.1) is 5.56 Å². The Labute approximate surface area is 124 Å². The molecule has 0 aromatic carbocycles. The molecule has 0 radical (unpaired) electrons. The summed E-state index contributed by atoms with van der Waals surface area (Å²) >= 11 is 16.6. The molecule has 1 aromatic rings. The molecule has 0 aliphatic carbocycles. The highest BCUT2D eigenvalue weighted by atomic mass is 35.5. The van der Waals surface area contributed by atoms with Crippen molar-refractivity contribution >= 4 is 41.1 Å². The summed E-state index contributed by atoms with van der Waals surface area (Å²) < 4.78 is 29.6. The number of nitrogens with zero attached hydrogens (tertiary/aromatic N) is 3. The Kier molecular flexibility index (Phi) is 5.55. The topological polar surface area (TPSA) is 38.1 Å². The lowest BCUT2D eigenvalue weighted by Gasteiger charge is -2.33. The SMILES string of the molecule is CN(CCCl)C(F)(c1nn(C)c(Cl)c1C=O)C(F)Cl. The van der Waals surface area contributed by atoms with E-state index in [1.54, 1.807) is 0 Å². The monoisotopic (exact) mass is 333 g/mol. The average molecular weight is 335 g/mol. The molecule has 2 unspecified atom stereocenters. The van der Waals surface area contributed by atoms with Crippen LogP contribution in [-0.4, -0.2) is 46.1 Å². The molecule has 2 atom stereocenters. The lowest BCUT2D eigenvalue weighted by molar-refractivity contribution is -0.0592. The molecule has 1 aromatic heterocycles. The molecule has 0 aliphatic heterocycles. The van der Waals surface area contributed by atoms with Gasteiger partial charge in [-0.25, -0.2) is 8.78 Å². The van der Waals surface area contributed by atoms with Crippen LogP contribution in [0.2, 0.25) is 5.15 Å². The molecule has 0 saturated heterocycles. The molecule has 9 heteroatoms. The van der Waals surface area contributed by atoms with Gasteiger partial charge in [0, 0.05) is 19.5 Å². The van der Waals surface area contributed by atoms with Crippen molar-refractivity contribution in [3.05, 3.63) is 16.4 Å². The normalized spacial score (nSPS) is 16.4. The predicted molar refractivity (Wildman–Crippen MR) is 70.5 cm³/mol. The Morgan fingerprint density at radius 2 is 2.21 bits per heavy atom. The van der Waals surface area contributed by atoms with Gasteiger partial charge in [0.25, 0.3) is 5.79 Å². The molecule has 0 amide bonds. The Balaban J connectivity index is 3.42. The number of hydrogen-bond donors (Lipinski definition) is 0. The molecule has 0 saturated carbocycles. The van der Waals surface area contributed by atoms with Crippen LogP contribution in [0.1, 0.15) is 16.1 Å². The van der Waals surface area contributed by atoms with Gasteiger partial charge in [-0.05, 0) is 7.05 Å². The third kappa shape index (κ3) is 2.86. The van der Waals surface area contributed by atoms with E-state index in [4.69, 9.17) is 34.8 Å². The Morgan fingerprint density at radius 3 is 2.63 bits per heavy atom. The smallest absolute Gasteiger partial charge is 0.254 e. The number of carbonyl (C=O) groups is 1. The van der Waals surface area contributed by atoms with Gasteiger partial charge in [-0.15, -0.1) is 11.6 Å². The second-order valence-electron chi connectivity index (χ2n) is 3.88. The standard InChI is InChI=1S/C10H12Cl3F2N3O/c1-17(4-3-11)10(15,9(13)14)7-6(5-19)8(12)18(2)16-7/h5,9H,3-4H2,1-2H3. The summed E-state index contributed by atoms with van der Waals surface area (Å²) in [5, 5.41) is 3.65. The first-order chi connectivity index (χ1) is 8.80. The molecule has 108 valence electrons. The van der Waals surface area contributed by atoms with Crippen LogP contribution in [0.15, 0.2) is 0 Å². The fourth-order valence-corrected chi connectivity index (χ4v) is 2.32. The van der Waals surface area contributed by atoms with Gasteiger partial charge in [0.2, 0.25) is 5.63 Å². The van der Waals surface area contributed by atoms with Gasteiger partial charge in [0.15, 0.2) is 6.29 Å². The van der Waals surface area contributed by atoms with E-state index in [0.29, 0.717) is 6.29 Å². The van der Waals surface area contributed by atoms with Crippen molar-refractivity contribution in [1.82, 2.24) is 14.7 Å². The minimum Gasteiger partial charge on any atom is -0.298 e. The minimum absolute atomic E-state index is 0.0116. The molecule has 0 aliphatic rings. The van der Waals surface area contributed by atoms with Crippen molar-refractivity contribution in [2.45, 2.75) is 11.4 Å². The summed E-state index contributed by atoms with van der Waals surface area (Å²) in [6, 6.07) is 0. The first kappa shape index (κ1) is 16.6. The summed E-state index contributed by atoms with van der Waals surface area (Å²) in [5.74, 6) is -2.74. The number of carbonyl (C=O) groups excluding carboxylic acids is 1. The number of rotatable bonds is 6. The van der Waals surface area contributed by atoms with Crippen molar-refractivity contribution < 1.29 is 13.6 Å². The van der Waals surface area contributed by atoms with E-state index >= 15 is 0 Å². The van der Waals surface area contributed by atoms with Crippen LogP contribution >= 0.6 is 34.8 Å². The molecule has 0 fully saturated rings. The van der Waals surface area contributed by atoms with Gasteiger partial charge in [-0.1, -0.05) is 23.2 Å². The number of aromatic nitrogens is 2. The first-order valence-corrected chi connectivity index (χ1v) is 6.58. The van der Waals surface area contributed by atoms with Crippen LogP contribution in [-0.2, 0) is 12.8 Å². The number of halogens is 5. The van der Waals surface area contributed by atoms with Crippen molar-refractivity contribution in [2.24, 2.45) is 7.05 Å². The van der Waals surface area contributed by atoms with Crippen LogP contribution in [0.4, 0.5) is 8.78 Å². The lowest BCUT2D eigenvalue weighted by Crippen LogP contribution is -2.47. The molecule has 1 rings (SSSR count). The number of hydrogen-bond acceptors (Lipinski definition) is 3. The minimum atomic E-state index is -2.79. The van der Waals surface area contributed by atoms with Gasteiger partial charge in [0.1, 0.15) is 10.8 Å². The zero-order valence-electron chi connectivity index (χ0n) is 10.2. The molecular weight excluding hydrogens is 322 g/mol. The highest BCUT2D eigenvalue weighted by Gasteiger charge is 2.49. The Morgan fingerprint density at radius 1 is 1.63 bits per heavy atom. The van der Waals surface area contributed by atoms with E-state index < -0.39 is 17.1 Å². The zero-order chi connectivity index (χ0) is 14.8. The summed E-state index contributed by atoms with van der Waals surface area (Å²) in [7, 11) is 2.69. The third-order valence-electron chi connectivity index (χ3n) is 2.73. The van der Waals surface area contributed by atoms with Gasteiger partial charge < -0.3 is 0 Å². The van der Waals surface area contributed by atoms with Crippen molar-refractivity contribution in [3.63, 3.8) is 0 Å². The van der Waals surface area contributed by atoms with E-state index in [2.05, 4.69) is 5.10 Å². The highest BCUT2D eigenvalue weighted by molar-refractivity contribution is 6.32. The molecule has 0 N–H and O–H groups in total. The van der Waals surface area contributed by atoms with Gasteiger partial charge >= 0.3 is 0 Å². The molecule has 1 heterocycles. The average Bonchev–Trinajstić information content (AvgIpc) is 2.64. The summed E-state index contributed by atoms with van der Waals surface area (Å²) in [4.78, 5) is 11.9. The van der Waals surface area contributed by atoms with Crippen LogP contribution in [0.3, 0.4) is 0 Å². The summed E-state index contributed by atoms with van der Waals surface area (Å²) in [6.07, 6.45) is 0.312. The van der Waals surface area contributed by atoms with Crippen LogP contribution < -0.4 is 0 Å². The van der Waals surface area contributed by atoms with Crippen LogP contribution in [0.25, 0.3) is 0 Å². The molecule has 4 nitrogen and oxygen atoms in total. The summed E-state index contributed by atoms with van der Waals surface area (Å²) in [6.45, 7) is 0.0116. The van der Waals surface area contributed by atoms with Gasteiger partial charge in [-0.3, -0.25) is 14.4 Å². The second kappa shape index (κ2) is 6.35. The van der Waals surface area contributed by atoms with Crippen LogP contribution in [0.5, 0.6) is 0 Å². The number of aldehydes is 1. The van der Waals surface area contributed by atoms with Crippen molar-refractivity contribution in [2.75, 3.05) is 19.5 Å². The van der Waals surface area contributed by atoms with E-state index in [1.807, 2.05) is 0 Å². The molecule has 19 heavy (non-hydrogen) atoms. The lowest BCUT2D eigenvalue weighted by atomic mass is 10.1. The molecular formula is C10H12Cl3F2N3O. The maximum Gasteiger partial charge on any atom is 0.254 e. The van der Waals surface area contributed by atoms with Gasteiger partial charge in [-0.2, -0.15) is 5.10 Å². The Hall–Kier alpha value is -0.430. The van der Waals surface area contributed by atoms with E-state index in [-0.39, 0.29) is 23.1 Å². The first-order valence-electron chi connectivity index (χ1n) is 5.23. The second-order valence-corrected chi connectivity index (χ2v) is 5.00. The molecule has 0 spiro atoms. The number of aryl methyl sites for hydroxylation is 1. The van der Waals surface area contributed by atoms with Crippen LogP contribution in [0, 0.1) is 0 Å². The predicted octanol–water partition coefficient (Wildman–Crippen LogP) is 2.71. The fourth-order valence-electron chi connectivity index (χ4n) is 1.62. The number of alkyl halides is 4. The van der Waals surface area contributed by atoms with Crippen molar-refractivity contribution in [3.8, 4) is 0 Å². The largest absolute Gasteiger partial charge is 0.298 e. The molecule has 0 bridgehead atoms.